The topological polar surface area (TPSA) is 115 Å². The highest BCUT2D eigenvalue weighted by atomic mass is 16.5. The van der Waals surface area contributed by atoms with E-state index in [1.54, 1.807) is 0 Å². The molecule has 8 heteroatoms. The Labute approximate surface area is 168 Å². The van der Waals surface area contributed by atoms with Gasteiger partial charge < -0.3 is 19.9 Å². The summed E-state index contributed by atoms with van der Waals surface area (Å²) in [5, 5.41) is 12.3. The summed E-state index contributed by atoms with van der Waals surface area (Å²) in [5.41, 5.74) is 0.435. The third-order valence-corrected chi connectivity index (χ3v) is 4.04. The Balaban J connectivity index is 2.55. The molecule has 0 saturated heterocycles. The van der Waals surface area contributed by atoms with Crippen LogP contribution in [0.4, 0.5) is 0 Å². The van der Waals surface area contributed by atoms with E-state index in [1.165, 1.54) is 44.6 Å². The van der Waals surface area contributed by atoms with Crippen molar-refractivity contribution >= 4 is 17.8 Å². The number of esters is 1. The van der Waals surface area contributed by atoms with Crippen LogP contribution in [0.15, 0.2) is 30.3 Å². The van der Waals surface area contributed by atoms with E-state index in [-0.39, 0.29) is 45.1 Å². The molecule has 0 unspecified atom stereocenters. The molecular weight excluding hydrogens is 376 g/mol. The quantitative estimate of drug-likeness (QED) is 0.716. The Morgan fingerprint density at radius 2 is 1.72 bits per heavy atom. The largest absolute Gasteiger partial charge is 0.481 e. The van der Waals surface area contributed by atoms with Crippen LogP contribution in [0.1, 0.15) is 52.0 Å². The second-order valence-corrected chi connectivity index (χ2v) is 7.55. The van der Waals surface area contributed by atoms with Gasteiger partial charge in [-0.2, -0.15) is 0 Å². The van der Waals surface area contributed by atoms with Gasteiger partial charge in [0.05, 0.1) is 19.8 Å². The van der Waals surface area contributed by atoms with Crippen molar-refractivity contribution in [3.05, 3.63) is 47.2 Å². The molecule has 0 aliphatic carbocycles. The molecule has 0 saturated carbocycles. The number of amides is 1. The highest BCUT2D eigenvalue weighted by molar-refractivity contribution is 6.04. The fourth-order valence-electron chi connectivity index (χ4n) is 2.58. The second kappa shape index (κ2) is 8.72. The van der Waals surface area contributed by atoms with Crippen LogP contribution in [0.5, 0.6) is 5.88 Å². The molecule has 1 amide bonds. The summed E-state index contributed by atoms with van der Waals surface area (Å²) >= 11 is 0. The van der Waals surface area contributed by atoms with Gasteiger partial charge in [0.15, 0.2) is 5.69 Å². The number of rotatable bonds is 6. The summed E-state index contributed by atoms with van der Waals surface area (Å²) in [4.78, 5) is 40.5. The van der Waals surface area contributed by atoms with E-state index in [0.717, 1.165) is 0 Å². The first kappa shape index (κ1) is 21.9. The number of carbonyl (C=O) groups excluding carboxylic acids is 2. The first-order valence-corrected chi connectivity index (χ1v) is 8.86. The molecule has 1 aromatic carbocycles. The molecule has 0 aliphatic rings. The zero-order valence-corrected chi connectivity index (χ0v) is 17.0. The zero-order chi connectivity index (χ0) is 21.8. The lowest BCUT2D eigenvalue weighted by Crippen LogP contribution is -2.32. The van der Waals surface area contributed by atoms with Gasteiger partial charge in [-0.15, -0.1) is 0 Å². The number of nitrogens with one attached hydrogen (secondary N) is 1. The van der Waals surface area contributed by atoms with E-state index in [4.69, 9.17) is 9.47 Å². The van der Waals surface area contributed by atoms with Gasteiger partial charge >= 0.3 is 11.9 Å². The van der Waals surface area contributed by atoms with E-state index in [9.17, 15) is 19.5 Å². The van der Waals surface area contributed by atoms with Crippen molar-refractivity contribution in [2.45, 2.75) is 20.8 Å². The minimum absolute atomic E-state index is 0.0605. The lowest BCUT2D eigenvalue weighted by molar-refractivity contribution is 0.0600. The average molecular weight is 400 g/mol. The monoisotopic (exact) mass is 400 g/mol. The Kier molecular flexibility index (Phi) is 6.58. The number of hydrogen-bond donors (Lipinski definition) is 2. The van der Waals surface area contributed by atoms with Gasteiger partial charge in [-0.3, -0.25) is 4.79 Å². The van der Waals surface area contributed by atoms with Crippen LogP contribution in [0.25, 0.3) is 11.1 Å². The maximum absolute atomic E-state index is 12.5. The normalized spacial score (nSPS) is 10.9. The van der Waals surface area contributed by atoms with Crippen LogP contribution >= 0.6 is 0 Å². The molecule has 154 valence electrons. The Morgan fingerprint density at radius 3 is 2.28 bits per heavy atom. The maximum atomic E-state index is 12.5. The molecule has 0 radical (unpaired) electrons. The molecule has 2 N–H and O–H groups in total. The van der Waals surface area contributed by atoms with Crippen LogP contribution in [-0.4, -0.2) is 48.7 Å². The number of methoxy groups -OCH3 is 2. The number of carbonyl (C=O) groups is 3. The molecule has 1 heterocycles. The van der Waals surface area contributed by atoms with E-state index in [2.05, 4.69) is 10.3 Å². The maximum Gasteiger partial charge on any atom is 0.355 e. The molecule has 0 bridgehead atoms. The molecule has 0 atom stereocenters. The van der Waals surface area contributed by atoms with Crippen LogP contribution in [-0.2, 0) is 4.74 Å². The van der Waals surface area contributed by atoms with Gasteiger partial charge in [-0.1, -0.05) is 26.8 Å². The third kappa shape index (κ3) is 5.31. The number of aromatic nitrogens is 1. The highest BCUT2D eigenvalue weighted by Gasteiger charge is 2.22. The van der Waals surface area contributed by atoms with Gasteiger partial charge in [-0.25, -0.2) is 14.6 Å². The summed E-state index contributed by atoms with van der Waals surface area (Å²) in [7, 11) is 2.58. The van der Waals surface area contributed by atoms with E-state index in [0.29, 0.717) is 6.54 Å². The van der Waals surface area contributed by atoms with Crippen molar-refractivity contribution in [2.24, 2.45) is 5.41 Å². The minimum atomic E-state index is -1.28. The number of pyridine rings is 1. The summed E-state index contributed by atoms with van der Waals surface area (Å²) in [6.45, 7) is 6.41. The van der Waals surface area contributed by atoms with Crippen LogP contribution in [0.3, 0.4) is 0 Å². The molecule has 0 aliphatic heterocycles. The first-order chi connectivity index (χ1) is 13.6. The third-order valence-electron chi connectivity index (χ3n) is 4.04. The number of aromatic carboxylic acids is 1. The minimum Gasteiger partial charge on any atom is -0.481 e. The summed E-state index contributed by atoms with van der Waals surface area (Å²) in [5.74, 6) is -2.19. The smallest absolute Gasteiger partial charge is 0.355 e. The lowest BCUT2D eigenvalue weighted by Gasteiger charge is -2.19. The molecule has 0 fully saturated rings. The van der Waals surface area contributed by atoms with Gasteiger partial charge in [0.2, 0.25) is 5.88 Å². The van der Waals surface area contributed by atoms with Gasteiger partial charge in [-0.05, 0) is 29.2 Å². The van der Waals surface area contributed by atoms with Crippen molar-refractivity contribution in [3.63, 3.8) is 0 Å². The predicted molar refractivity (Wildman–Crippen MR) is 106 cm³/mol. The zero-order valence-electron chi connectivity index (χ0n) is 17.0. The van der Waals surface area contributed by atoms with Crippen molar-refractivity contribution in [1.82, 2.24) is 10.3 Å². The summed E-state index contributed by atoms with van der Waals surface area (Å²) in [6, 6.07) is 7.40. The number of nitrogens with zero attached hydrogens (tertiary/aromatic N) is 1. The van der Waals surface area contributed by atoms with E-state index >= 15 is 0 Å². The Hall–Kier alpha value is -3.42. The first-order valence-electron chi connectivity index (χ1n) is 8.86. The molecule has 29 heavy (non-hydrogen) atoms. The van der Waals surface area contributed by atoms with E-state index in [1.807, 2.05) is 20.8 Å². The Morgan fingerprint density at radius 1 is 1.07 bits per heavy atom. The number of hydrogen-bond acceptors (Lipinski definition) is 6. The number of carboxylic acid groups (broad SMARTS) is 1. The van der Waals surface area contributed by atoms with Crippen molar-refractivity contribution in [2.75, 3.05) is 20.8 Å². The molecule has 1 aromatic heterocycles. The lowest BCUT2D eigenvalue weighted by atomic mass is 9.95. The number of ether oxygens (including phenoxy) is 2. The molecule has 2 aromatic rings. The van der Waals surface area contributed by atoms with Crippen LogP contribution in [0.2, 0.25) is 0 Å². The highest BCUT2D eigenvalue weighted by Crippen LogP contribution is 2.29. The predicted octanol–water partition coefficient (Wildman–Crippen LogP) is 3.02. The Bertz CT molecular complexity index is 947. The fraction of sp³-hybridized carbons (Fsp3) is 0.333. The summed E-state index contributed by atoms with van der Waals surface area (Å²) < 4.78 is 9.81. The van der Waals surface area contributed by atoms with Crippen molar-refractivity contribution < 1.29 is 29.0 Å². The van der Waals surface area contributed by atoms with Gasteiger partial charge in [0.25, 0.3) is 5.91 Å². The fourth-order valence-corrected chi connectivity index (χ4v) is 2.58. The van der Waals surface area contributed by atoms with Crippen LogP contribution < -0.4 is 10.1 Å². The van der Waals surface area contributed by atoms with Crippen molar-refractivity contribution in [1.29, 1.82) is 0 Å². The molecule has 2 rings (SSSR count). The second-order valence-electron chi connectivity index (χ2n) is 7.55. The summed E-state index contributed by atoms with van der Waals surface area (Å²) in [6.07, 6.45) is 0. The van der Waals surface area contributed by atoms with E-state index < -0.39 is 11.9 Å². The van der Waals surface area contributed by atoms with Gasteiger partial charge in [0, 0.05) is 23.7 Å². The molecular formula is C21H24N2O6. The average Bonchev–Trinajstić information content (AvgIpc) is 2.69. The molecule has 8 nitrogen and oxygen atoms in total. The number of benzene rings is 1. The SMILES string of the molecule is COC(=O)c1cc(C(=O)NCC(C)(C)C)ccc1-c1ccc(OC)nc1C(=O)O. The molecule has 0 spiro atoms. The van der Waals surface area contributed by atoms with Gasteiger partial charge in [0.1, 0.15) is 0 Å². The van der Waals surface area contributed by atoms with Crippen molar-refractivity contribution in [3.8, 4) is 17.0 Å². The number of carboxylic acids is 1. The standard InChI is InChI=1S/C21H24N2O6/c1-21(2,3)11-22-18(24)12-6-7-13(15(10-12)20(27)29-5)14-8-9-16(28-4)23-17(14)19(25)26/h6-10H,11H2,1-5H3,(H,22,24)(H,25,26). The van der Waals surface area contributed by atoms with Crippen LogP contribution in [0, 0.1) is 5.41 Å².